The number of imidazole rings is 1. The van der Waals surface area contributed by atoms with Crippen molar-refractivity contribution in [1.29, 1.82) is 0 Å². The second kappa shape index (κ2) is 7.08. The molecule has 0 fully saturated rings. The Hall–Kier alpha value is -1.84. The van der Waals surface area contributed by atoms with Crippen LogP contribution in [0.15, 0.2) is 53.0 Å². The van der Waals surface area contributed by atoms with Gasteiger partial charge in [-0.1, -0.05) is 23.3 Å². The van der Waals surface area contributed by atoms with Gasteiger partial charge >= 0.3 is 5.95 Å². The molecule has 2 aromatic rings. The minimum Gasteiger partial charge on any atom is -0.233 e. The van der Waals surface area contributed by atoms with E-state index in [0.29, 0.717) is 0 Å². The molecule has 0 amide bonds. The van der Waals surface area contributed by atoms with Crippen molar-refractivity contribution in [2.24, 2.45) is 24.3 Å². The molecule has 0 radical (unpaired) electrons. The van der Waals surface area contributed by atoms with E-state index in [1.165, 1.54) is 0 Å². The maximum absolute atomic E-state index is 8.49. The summed E-state index contributed by atoms with van der Waals surface area (Å²) >= 11 is 0. The first-order valence-corrected chi connectivity index (χ1v) is 6.60. The van der Waals surface area contributed by atoms with Crippen LogP contribution < -0.4 is 23.2 Å². The maximum Gasteiger partial charge on any atom is 0.421 e. The molecular formula is C11H13ClN4O4. The van der Waals surface area contributed by atoms with Crippen molar-refractivity contribution in [2.45, 2.75) is 0 Å². The highest BCUT2D eigenvalue weighted by atomic mass is 35.7. The van der Waals surface area contributed by atoms with Crippen LogP contribution in [-0.4, -0.2) is 4.57 Å². The number of aromatic nitrogens is 2. The number of benzene rings is 1. The molecule has 0 N–H and O–H groups in total. The third-order valence-corrected chi connectivity index (χ3v) is 2.16. The summed E-state index contributed by atoms with van der Waals surface area (Å²) in [6, 6.07) is 9.69. The SMILES string of the molecule is Cn1cc[n+](C)c1N=Nc1ccccc1.[O-][Cl+3]([O-])([O-])[O-]. The van der Waals surface area contributed by atoms with E-state index in [0.717, 1.165) is 11.6 Å². The average Bonchev–Trinajstić information content (AvgIpc) is 2.66. The second-order valence-corrected chi connectivity index (χ2v) is 4.49. The molecule has 1 heterocycles. The van der Waals surface area contributed by atoms with Crippen molar-refractivity contribution < 1.29 is 33.4 Å². The number of halogens is 1. The Morgan fingerprint density at radius 3 is 2.05 bits per heavy atom. The van der Waals surface area contributed by atoms with Gasteiger partial charge in [-0.15, -0.1) is 10.2 Å². The topological polar surface area (TPSA) is 126 Å². The maximum atomic E-state index is 8.49. The first-order valence-electron chi connectivity index (χ1n) is 5.37. The van der Waals surface area contributed by atoms with Gasteiger partial charge in [-0.2, -0.15) is 0 Å². The van der Waals surface area contributed by atoms with Crippen molar-refractivity contribution in [1.82, 2.24) is 4.57 Å². The monoisotopic (exact) mass is 300 g/mol. The minimum absolute atomic E-state index is 0.818. The Balaban J connectivity index is 0.000000347. The molecule has 1 aromatic carbocycles. The largest absolute Gasteiger partial charge is 0.421 e. The number of aryl methyl sites for hydroxylation is 2. The Kier molecular flexibility index (Phi) is 5.74. The summed E-state index contributed by atoms with van der Waals surface area (Å²) in [6.07, 6.45) is 3.89. The first kappa shape index (κ1) is 16.2. The lowest BCUT2D eigenvalue weighted by atomic mass is 10.3. The zero-order chi connectivity index (χ0) is 15.2. The van der Waals surface area contributed by atoms with Crippen LogP contribution in [-0.2, 0) is 14.1 Å². The molecule has 0 bridgehead atoms. The molecule has 0 aliphatic heterocycles. The van der Waals surface area contributed by atoms with Crippen LogP contribution in [0.25, 0.3) is 0 Å². The van der Waals surface area contributed by atoms with E-state index in [9.17, 15) is 0 Å². The molecule has 0 unspecified atom stereocenters. The number of hydrogen-bond acceptors (Lipinski definition) is 6. The zero-order valence-corrected chi connectivity index (χ0v) is 11.6. The summed E-state index contributed by atoms with van der Waals surface area (Å²) in [4.78, 5) is 0. The van der Waals surface area contributed by atoms with Crippen molar-refractivity contribution in [3.63, 3.8) is 0 Å². The van der Waals surface area contributed by atoms with Gasteiger partial charge in [0.2, 0.25) is 0 Å². The Bertz CT molecular complexity index is 540. The quantitative estimate of drug-likeness (QED) is 0.449. The molecule has 2 rings (SSSR count). The third-order valence-electron chi connectivity index (χ3n) is 2.16. The molecule has 1 aromatic heterocycles. The summed E-state index contributed by atoms with van der Waals surface area (Å²) in [5.74, 6) is 0.818. The molecule has 0 aliphatic carbocycles. The number of nitrogens with zero attached hydrogens (tertiary/aromatic N) is 4. The van der Waals surface area contributed by atoms with E-state index in [1.807, 2.05) is 66.0 Å². The van der Waals surface area contributed by atoms with E-state index in [2.05, 4.69) is 10.2 Å². The van der Waals surface area contributed by atoms with Crippen molar-refractivity contribution in [3.05, 3.63) is 42.7 Å². The fourth-order valence-electron chi connectivity index (χ4n) is 1.32. The second-order valence-electron chi connectivity index (χ2n) is 3.73. The Morgan fingerprint density at radius 2 is 1.60 bits per heavy atom. The van der Waals surface area contributed by atoms with E-state index in [1.54, 1.807) is 0 Å². The lowest BCUT2D eigenvalue weighted by Gasteiger charge is -2.17. The number of hydrogen-bond donors (Lipinski definition) is 0. The van der Waals surface area contributed by atoms with Crippen LogP contribution >= 0.6 is 0 Å². The summed E-state index contributed by atoms with van der Waals surface area (Å²) in [6.45, 7) is 0. The average molecular weight is 301 g/mol. The van der Waals surface area contributed by atoms with Gasteiger partial charge in [0.15, 0.2) is 0 Å². The zero-order valence-electron chi connectivity index (χ0n) is 10.8. The fourth-order valence-corrected chi connectivity index (χ4v) is 1.32. The number of azo groups is 1. The molecule has 0 aliphatic rings. The van der Waals surface area contributed by atoms with Gasteiger partial charge in [0.05, 0.1) is 26.5 Å². The van der Waals surface area contributed by atoms with Crippen LogP contribution in [0.1, 0.15) is 0 Å². The highest BCUT2D eigenvalue weighted by Crippen LogP contribution is 2.13. The van der Waals surface area contributed by atoms with Gasteiger partial charge < -0.3 is 0 Å². The summed E-state index contributed by atoms with van der Waals surface area (Å²) < 4.78 is 37.8. The van der Waals surface area contributed by atoms with Crippen LogP contribution in [0.5, 0.6) is 0 Å². The smallest absolute Gasteiger partial charge is 0.233 e. The fraction of sp³-hybridized carbons (Fsp3) is 0.182. The summed E-state index contributed by atoms with van der Waals surface area (Å²) in [5, 5.41) is 8.34. The molecule has 108 valence electrons. The van der Waals surface area contributed by atoms with Gasteiger partial charge in [-0.3, -0.25) is 0 Å². The molecule has 0 atom stereocenters. The van der Waals surface area contributed by atoms with Crippen LogP contribution in [0.2, 0.25) is 0 Å². The highest BCUT2D eigenvalue weighted by Gasteiger charge is 2.09. The molecular weight excluding hydrogens is 288 g/mol. The lowest BCUT2D eigenvalue weighted by Crippen LogP contribution is -2.68. The van der Waals surface area contributed by atoms with Crippen LogP contribution in [0.4, 0.5) is 11.6 Å². The van der Waals surface area contributed by atoms with Gasteiger partial charge in [0.1, 0.15) is 5.69 Å². The van der Waals surface area contributed by atoms with E-state index < -0.39 is 10.2 Å². The highest BCUT2D eigenvalue weighted by molar-refractivity contribution is 5.35. The molecule has 9 heteroatoms. The molecule has 0 saturated carbocycles. The molecule has 8 nitrogen and oxygen atoms in total. The van der Waals surface area contributed by atoms with Crippen molar-refractivity contribution >= 4 is 11.6 Å². The van der Waals surface area contributed by atoms with Crippen molar-refractivity contribution in [3.8, 4) is 0 Å². The lowest BCUT2D eigenvalue weighted by molar-refractivity contribution is -2.00. The van der Waals surface area contributed by atoms with Gasteiger partial charge in [-0.25, -0.2) is 27.8 Å². The molecule has 0 spiro atoms. The predicted molar refractivity (Wildman–Crippen MR) is 57.2 cm³/mol. The first-order chi connectivity index (χ1) is 9.27. The molecule has 0 saturated heterocycles. The normalized spacial score (nSPS) is 11.3. The Morgan fingerprint density at radius 1 is 1.05 bits per heavy atom. The van der Waals surface area contributed by atoms with Crippen molar-refractivity contribution in [2.75, 3.05) is 0 Å². The van der Waals surface area contributed by atoms with Gasteiger partial charge in [0, 0.05) is 5.11 Å². The van der Waals surface area contributed by atoms with Crippen LogP contribution in [0, 0.1) is 10.2 Å². The predicted octanol–water partition coefficient (Wildman–Crippen LogP) is -2.49. The van der Waals surface area contributed by atoms with E-state index in [4.69, 9.17) is 18.6 Å². The standard InChI is InChI=1S/C11H13N4.ClHO4/c1-14-8-9-15(2)11(14)13-12-10-6-4-3-5-7-10;2-1(3,4)5/h3-9H,1-2H3;(H,2,3,4,5)/q+1;/p-1. The van der Waals surface area contributed by atoms with Crippen LogP contribution in [0.3, 0.4) is 0 Å². The number of rotatable bonds is 2. The minimum atomic E-state index is -4.94. The summed E-state index contributed by atoms with van der Waals surface area (Å²) in [5.41, 5.74) is 0.860. The molecule has 20 heavy (non-hydrogen) atoms. The Labute approximate surface area is 117 Å². The van der Waals surface area contributed by atoms with Gasteiger partial charge in [0.25, 0.3) is 0 Å². The van der Waals surface area contributed by atoms with E-state index >= 15 is 0 Å². The summed E-state index contributed by atoms with van der Waals surface area (Å²) in [7, 11) is -1.06. The van der Waals surface area contributed by atoms with E-state index in [-0.39, 0.29) is 0 Å². The van der Waals surface area contributed by atoms with Gasteiger partial charge in [-0.05, 0) is 12.1 Å². The third kappa shape index (κ3) is 6.36.